The van der Waals surface area contributed by atoms with E-state index in [-0.39, 0.29) is 20.9 Å². The van der Waals surface area contributed by atoms with Crippen LogP contribution < -0.4 is 16.2 Å². The van der Waals surface area contributed by atoms with E-state index in [9.17, 15) is 18.0 Å². The third kappa shape index (κ3) is 6.36. The molecule has 0 aliphatic carbocycles. The number of nitrogens with zero attached hydrogens (tertiary/aromatic N) is 1. The first-order valence-electron chi connectivity index (χ1n) is 7.02. The van der Waals surface area contributed by atoms with Crippen LogP contribution in [-0.2, 0) is 11.0 Å². The number of anilines is 1. The van der Waals surface area contributed by atoms with Gasteiger partial charge in [0.25, 0.3) is 0 Å². The minimum Gasteiger partial charge on any atom is -0.331 e. The molecule has 26 heavy (non-hydrogen) atoms. The maximum absolute atomic E-state index is 12.5. The second-order valence-corrected chi connectivity index (χ2v) is 6.57. The summed E-state index contributed by atoms with van der Waals surface area (Å²) < 4.78 is 37.6. The first-order valence-corrected chi connectivity index (χ1v) is 8.79. The van der Waals surface area contributed by atoms with Crippen molar-refractivity contribution in [3.8, 4) is 0 Å². The highest BCUT2D eigenvalue weighted by atomic mass is 35.5. The van der Waals surface area contributed by atoms with Crippen LogP contribution in [0.15, 0.2) is 47.6 Å². The molecule has 2 aromatic rings. The van der Waals surface area contributed by atoms with Crippen molar-refractivity contribution in [2.75, 3.05) is 11.1 Å². The van der Waals surface area contributed by atoms with Gasteiger partial charge in [0.1, 0.15) is 5.03 Å². The van der Waals surface area contributed by atoms with Gasteiger partial charge in [-0.25, -0.2) is 4.98 Å². The number of amides is 1. The van der Waals surface area contributed by atoms with E-state index in [1.54, 1.807) is 12.1 Å². The van der Waals surface area contributed by atoms with Gasteiger partial charge in [-0.15, -0.1) is 0 Å². The van der Waals surface area contributed by atoms with Gasteiger partial charge in [-0.2, -0.15) is 13.2 Å². The smallest absolute Gasteiger partial charge is 0.331 e. The Balaban J connectivity index is 1.79. The summed E-state index contributed by atoms with van der Waals surface area (Å²) in [6.07, 6.45) is -3.86. The standard InChI is InChI=1S/C15H12ClF3N4OS2/c16-11-6-9(15(17,18)19)7-20-13(11)26-8-12(24)22-23-14(25)21-10-4-2-1-3-5-10/h1-7H,8H2,(H,22,24)(H2,21,23,25). The highest BCUT2D eigenvalue weighted by molar-refractivity contribution is 8.00. The van der Waals surface area contributed by atoms with Crippen LogP contribution in [0.25, 0.3) is 0 Å². The van der Waals surface area contributed by atoms with Gasteiger partial charge in [0, 0.05) is 11.9 Å². The number of aromatic nitrogens is 1. The number of carbonyl (C=O) groups excluding carboxylic acids is 1. The van der Waals surface area contributed by atoms with Crippen LogP contribution in [0.2, 0.25) is 5.02 Å². The molecule has 5 nitrogen and oxygen atoms in total. The average molecular weight is 421 g/mol. The third-order valence-electron chi connectivity index (χ3n) is 2.82. The van der Waals surface area contributed by atoms with E-state index in [2.05, 4.69) is 21.2 Å². The second kappa shape index (κ2) is 9.06. The summed E-state index contributed by atoms with van der Waals surface area (Å²) >= 11 is 11.7. The molecule has 1 amide bonds. The molecule has 1 heterocycles. The highest BCUT2D eigenvalue weighted by Gasteiger charge is 2.31. The van der Waals surface area contributed by atoms with Crippen molar-refractivity contribution in [1.82, 2.24) is 15.8 Å². The molecule has 0 saturated heterocycles. The number of halogens is 4. The first kappa shape index (κ1) is 20.3. The molecule has 3 N–H and O–H groups in total. The lowest BCUT2D eigenvalue weighted by atomic mass is 10.3. The maximum atomic E-state index is 12.5. The fourth-order valence-corrected chi connectivity index (χ4v) is 2.83. The summed E-state index contributed by atoms with van der Waals surface area (Å²) in [5, 5.41) is 2.99. The van der Waals surface area contributed by atoms with Crippen molar-refractivity contribution in [3.63, 3.8) is 0 Å². The molecule has 0 radical (unpaired) electrons. The van der Waals surface area contributed by atoms with Crippen molar-refractivity contribution < 1.29 is 18.0 Å². The lowest BCUT2D eigenvalue weighted by Gasteiger charge is -2.12. The van der Waals surface area contributed by atoms with Crippen molar-refractivity contribution in [2.45, 2.75) is 11.2 Å². The molecule has 1 aromatic heterocycles. The lowest BCUT2D eigenvalue weighted by Crippen LogP contribution is -2.44. The topological polar surface area (TPSA) is 66.0 Å². The maximum Gasteiger partial charge on any atom is 0.417 e. The Morgan fingerprint density at radius 3 is 2.54 bits per heavy atom. The number of carbonyl (C=O) groups is 1. The van der Waals surface area contributed by atoms with E-state index in [4.69, 9.17) is 23.8 Å². The normalized spacial score (nSPS) is 10.9. The predicted molar refractivity (Wildman–Crippen MR) is 98.9 cm³/mol. The SMILES string of the molecule is O=C(CSc1ncc(C(F)(F)F)cc1Cl)NNC(=S)Nc1ccccc1. The average Bonchev–Trinajstić information content (AvgIpc) is 2.59. The molecule has 2 rings (SSSR count). The zero-order valence-electron chi connectivity index (χ0n) is 12.9. The van der Waals surface area contributed by atoms with Gasteiger partial charge >= 0.3 is 6.18 Å². The number of pyridine rings is 1. The molecule has 11 heteroatoms. The van der Waals surface area contributed by atoms with Crippen LogP contribution in [0.4, 0.5) is 18.9 Å². The summed E-state index contributed by atoms with van der Waals surface area (Å²) in [7, 11) is 0. The monoisotopic (exact) mass is 420 g/mol. The van der Waals surface area contributed by atoms with Crippen LogP contribution in [0.1, 0.15) is 5.56 Å². The van der Waals surface area contributed by atoms with Gasteiger partial charge in [0.15, 0.2) is 5.11 Å². The molecule has 0 bridgehead atoms. The Morgan fingerprint density at radius 2 is 1.92 bits per heavy atom. The number of para-hydroxylation sites is 1. The van der Waals surface area contributed by atoms with Crippen LogP contribution in [-0.4, -0.2) is 21.8 Å². The first-order chi connectivity index (χ1) is 12.3. The molecule has 0 fully saturated rings. The summed E-state index contributed by atoms with van der Waals surface area (Å²) in [5.41, 5.74) is 4.68. The summed E-state index contributed by atoms with van der Waals surface area (Å²) in [5.74, 6) is -0.566. The summed E-state index contributed by atoms with van der Waals surface area (Å²) in [4.78, 5) is 15.4. The number of hydrogen-bond acceptors (Lipinski definition) is 4. The number of rotatable bonds is 4. The molecule has 0 unspecified atom stereocenters. The number of thioether (sulfide) groups is 1. The quantitative estimate of drug-likeness (QED) is 0.396. The largest absolute Gasteiger partial charge is 0.417 e. The van der Waals surface area contributed by atoms with E-state index in [0.29, 0.717) is 6.20 Å². The lowest BCUT2D eigenvalue weighted by molar-refractivity contribution is -0.137. The van der Waals surface area contributed by atoms with Crippen LogP contribution in [0.3, 0.4) is 0 Å². The number of alkyl halides is 3. The van der Waals surface area contributed by atoms with Gasteiger partial charge in [-0.3, -0.25) is 15.6 Å². The summed E-state index contributed by atoms with van der Waals surface area (Å²) in [6, 6.07) is 9.85. The fourth-order valence-electron chi connectivity index (χ4n) is 1.67. The van der Waals surface area contributed by atoms with Gasteiger partial charge in [0.2, 0.25) is 5.91 Å². The number of benzene rings is 1. The Hall–Kier alpha value is -2.04. The Labute approximate surface area is 161 Å². The molecule has 1 aromatic carbocycles. The van der Waals surface area contributed by atoms with Crippen molar-refractivity contribution in [2.24, 2.45) is 0 Å². The van der Waals surface area contributed by atoms with Crippen molar-refractivity contribution in [3.05, 3.63) is 53.2 Å². The van der Waals surface area contributed by atoms with E-state index in [1.807, 2.05) is 18.2 Å². The van der Waals surface area contributed by atoms with E-state index < -0.39 is 17.6 Å². The van der Waals surface area contributed by atoms with E-state index in [0.717, 1.165) is 23.5 Å². The number of nitrogens with one attached hydrogen (secondary N) is 3. The molecular weight excluding hydrogens is 409 g/mol. The fraction of sp³-hybridized carbons (Fsp3) is 0.133. The zero-order valence-corrected chi connectivity index (χ0v) is 15.3. The Morgan fingerprint density at radius 1 is 1.23 bits per heavy atom. The van der Waals surface area contributed by atoms with Crippen LogP contribution >= 0.6 is 35.6 Å². The minimum absolute atomic E-state index is 0.112. The number of thiocarbonyl (C=S) groups is 1. The van der Waals surface area contributed by atoms with Gasteiger partial charge in [-0.05, 0) is 30.4 Å². The summed E-state index contributed by atoms with van der Waals surface area (Å²) in [6.45, 7) is 0. The zero-order chi connectivity index (χ0) is 19.2. The van der Waals surface area contributed by atoms with Crippen LogP contribution in [0.5, 0.6) is 0 Å². The highest BCUT2D eigenvalue weighted by Crippen LogP contribution is 2.33. The molecule has 0 aliphatic rings. The second-order valence-electron chi connectivity index (χ2n) is 4.79. The van der Waals surface area contributed by atoms with Crippen molar-refractivity contribution in [1.29, 1.82) is 0 Å². The third-order valence-corrected chi connectivity index (χ3v) is 4.43. The minimum atomic E-state index is -4.53. The number of hydrazine groups is 1. The van der Waals surface area contributed by atoms with Crippen molar-refractivity contribution >= 4 is 52.3 Å². The molecular formula is C15H12ClF3N4OS2. The molecule has 0 spiro atoms. The van der Waals surface area contributed by atoms with E-state index in [1.165, 1.54) is 0 Å². The van der Waals surface area contributed by atoms with Gasteiger partial charge in [0.05, 0.1) is 16.3 Å². The Bertz CT molecular complexity index is 790. The molecule has 0 aliphatic heterocycles. The van der Waals surface area contributed by atoms with E-state index >= 15 is 0 Å². The Kier molecular flexibility index (Phi) is 7.06. The molecule has 0 atom stereocenters. The van der Waals surface area contributed by atoms with Crippen LogP contribution in [0, 0.1) is 0 Å². The predicted octanol–water partition coefficient (Wildman–Crippen LogP) is 3.86. The molecule has 0 saturated carbocycles. The van der Waals surface area contributed by atoms with Gasteiger partial charge in [-0.1, -0.05) is 41.6 Å². The van der Waals surface area contributed by atoms with Gasteiger partial charge < -0.3 is 5.32 Å². The number of hydrogen-bond donors (Lipinski definition) is 3. The molecule has 138 valence electrons.